The average Bonchev–Trinajstić information content (AvgIpc) is 2.71. The van der Waals surface area contributed by atoms with Crippen molar-refractivity contribution in [1.29, 1.82) is 0 Å². The van der Waals surface area contributed by atoms with E-state index in [1.807, 2.05) is 13.2 Å². The number of hydrogen-bond donors (Lipinski definition) is 2. The highest BCUT2D eigenvalue weighted by Gasteiger charge is 2.37. The van der Waals surface area contributed by atoms with Gasteiger partial charge in [0.25, 0.3) is 0 Å². The summed E-state index contributed by atoms with van der Waals surface area (Å²) in [7, 11) is 1.84. The predicted octanol–water partition coefficient (Wildman–Crippen LogP) is 2.41. The van der Waals surface area contributed by atoms with Gasteiger partial charge in [-0.15, -0.1) is 0 Å². The molecule has 0 heterocycles. The first-order chi connectivity index (χ1) is 8.72. The molecule has 0 aromatic heterocycles. The number of methoxy groups -OCH3 is 1. The molecule has 3 heteroatoms. The molecule has 18 heavy (non-hydrogen) atoms. The Hall–Kier alpha value is -1.06. The van der Waals surface area contributed by atoms with E-state index in [9.17, 15) is 0 Å². The van der Waals surface area contributed by atoms with Gasteiger partial charge in [0.05, 0.1) is 5.60 Å². The molecular formula is C15H22N2O. The van der Waals surface area contributed by atoms with E-state index in [2.05, 4.69) is 17.4 Å². The van der Waals surface area contributed by atoms with Crippen molar-refractivity contribution < 1.29 is 4.74 Å². The van der Waals surface area contributed by atoms with Gasteiger partial charge in [0.1, 0.15) is 0 Å². The van der Waals surface area contributed by atoms with E-state index < -0.39 is 0 Å². The van der Waals surface area contributed by atoms with Crippen LogP contribution in [-0.2, 0) is 11.2 Å². The van der Waals surface area contributed by atoms with Gasteiger partial charge in [-0.25, -0.2) is 0 Å². The van der Waals surface area contributed by atoms with Crippen molar-refractivity contribution >= 4 is 5.69 Å². The summed E-state index contributed by atoms with van der Waals surface area (Å²) in [6.45, 7) is 0.970. The normalized spacial score (nSPS) is 24.6. The Morgan fingerprint density at radius 1 is 1.44 bits per heavy atom. The Bertz CT molecular complexity index is 435. The van der Waals surface area contributed by atoms with Gasteiger partial charge in [-0.05, 0) is 55.4 Å². The van der Waals surface area contributed by atoms with Crippen LogP contribution in [0.3, 0.4) is 0 Å². The van der Waals surface area contributed by atoms with Crippen LogP contribution in [0.15, 0.2) is 18.2 Å². The number of aryl methyl sites for hydroxylation is 1. The van der Waals surface area contributed by atoms with E-state index in [4.69, 9.17) is 10.5 Å². The summed E-state index contributed by atoms with van der Waals surface area (Å²) in [5.74, 6) is 0. The molecule has 0 bridgehead atoms. The molecule has 0 spiro atoms. The van der Waals surface area contributed by atoms with Crippen molar-refractivity contribution in [2.24, 2.45) is 0 Å². The molecule has 2 aliphatic rings. The minimum Gasteiger partial charge on any atom is -0.399 e. The van der Waals surface area contributed by atoms with Crippen LogP contribution < -0.4 is 11.1 Å². The highest BCUT2D eigenvalue weighted by Crippen LogP contribution is 2.37. The molecule has 2 aliphatic carbocycles. The molecule has 3 nitrogen and oxygen atoms in total. The van der Waals surface area contributed by atoms with E-state index in [1.165, 1.54) is 36.8 Å². The monoisotopic (exact) mass is 246 g/mol. The van der Waals surface area contributed by atoms with Crippen molar-refractivity contribution in [3.63, 3.8) is 0 Å². The number of rotatable bonds is 4. The molecule has 0 radical (unpaired) electrons. The highest BCUT2D eigenvalue weighted by atomic mass is 16.5. The minimum absolute atomic E-state index is 0.108. The van der Waals surface area contributed by atoms with Crippen molar-refractivity contribution in [3.05, 3.63) is 29.3 Å². The summed E-state index contributed by atoms with van der Waals surface area (Å²) < 4.78 is 5.66. The van der Waals surface area contributed by atoms with E-state index >= 15 is 0 Å². The van der Waals surface area contributed by atoms with Crippen LogP contribution in [0, 0.1) is 0 Å². The summed E-state index contributed by atoms with van der Waals surface area (Å²) in [6.07, 6.45) is 6.00. The molecule has 1 fully saturated rings. The Kier molecular flexibility index (Phi) is 3.04. The van der Waals surface area contributed by atoms with E-state index in [0.717, 1.165) is 18.7 Å². The average molecular weight is 246 g/mol. The fourth-order valence-electron chi connectivity index (χ4n) is 3.18. The van der Waals surface area contributed by atoms with Gasteiger partial charge >= 0.3 is 0 Å². The summed E-state index contributed by atoms with van der Waals surface area (Å²) in [6, 6.07) is 6.78. The molecule has 3 N–H and O–H groups in total. The van der Waals surface area contributed by atoms with Gasteiger partial charge in [-0.1, -0.05) is 6.07 Å². The maximum Gasteiger partial charge on any atom is 0.0802 e. The second-order valence-corrected chi connectivity index (χ2v) is 5.67. The summed E-state index contributed by atoms with van der Waals surface area (Å²) >= 11 is 0. The Balaban J connectivity index is 1.66. The van der Waals surface area contributed by atoms with Crippen LogP contribution in [0.5, 0.6) is 0 Å². The fraction of sp³-hybridized carbons (Fsp3) is 0.600. The van der Waals surface area contributed by atoms with E-state index in [1.54, 1.807) is 0 Å². The molecule has 0 aliphatic heterocycles. The molecule has 0 amide bonds. The van der Waals surface area contributed by atoms with Crippen LogP contribution in [-0.4, -0.2) is 19.3 Å². The Morgan fingerprint density at radius 3 is 2.94 bits per heavy atom. The lowest BCUT2D eigenvalue weighted by Gasteiger charge is -2.41. The second-order valence-electron chi connectivity index (χ2n) is 5.67. The van der Waals surface area contributed by atoms with Crippen LogP contribution >= 0.6 is 0 Å². The van der Waals surface area contributed by atoms with Crippen LogP contribution in [0.4, 0.5) is 5.69 Å². The van der Waals surface area contributed by atoms with Crippen molar-refractivity contribution in [1.82, 2.24) is 5.32 Å². The molecular weight excluding hydrogens is 224 g/mol. The van der Waals surface area contributed by atoms with Gasteiger partial charge in [-0.2, -0.15) is 0 Å². The number of ether oxygens (including phenoxy) is 1. The standard InChI is InChI=1S/C15H22N2O/c1-18-15(7-2-8-15)10-17-14-6-3-11-9-12(16)4-5-13(11)14/h4-5,9,14,17H,2-3,6-8,10,16H2,1H3. The summed E-state index contributed by atoms with van der Waals surface area (Å²) in [4.78, 5) is 0. The maximum atomic E-state index is 5.83. The van der Waals surface area contributed by atoms with Crippen LogP contribution in [0.25, 0.3) is 0 Å². The lowest BCUT2D eigenvalue weighted by atomic mass is 9.80. The first kappa shape index (κ1) is 12.0. The summed E-state index contributed by atoms with van der Waals surface area (Å²) in [5, 5.41) is 3.69. The van der Waals surface area contributed by atoms with E-state index in [0.29, 0.717) is 6.04 Å². The van der Waals surface area contributed by atoms with Gasteiger partial charge in [0, 0.05) is 25.4 Å². The zero-order chi connectivity index (χ0) is 12.6. The van der Waals surface area contributed by atoms with Crippen molar-refractivity contribution in [2.45, 2.75) is 43.7 Å². The third-order valence-electron chi connectivity index (χ3n) is 4.61. The first-order valence-electron chi connectivity index (χ1n) is 6.89. The summed E-state index contributed by atoms with van der Waals surface area (Å²) in [5.41, 5.74) is 9.65. The molecule has 0 saturated heterocycles. The quantitative estimate of drug-likeness (QED) is 0.802. The number of nitrogens with one attached hydrogen (secondary N) is 1. The van der Waals surface area contributed by atoms with Crippen LogP contribution in [0.1, 0.15) is 42.9 Å². The Morgan fingerprint density at radius 2 is 2.28 bits per heavy atom. The van der Waals surface area contributed by atoms with Gasteiger partial charge in [-0.3, -0.25) is 0 Å². The molecule has 3 rings (SSSR count). The largest absolute Gasteiger partial charge is 0.399 e. The molecule has 1 aromatic carbocycles. The highest BCUT2D eigenvalue weighted by molar-refractivity contribution is 5.47. The van der Waals surface area contributed by atoms with Crippen molar-refractivity contribution in [2.75, 3.05) is 19.4 Å². The van der Waals surface area contributed by atoms with Gasteiger partial charge in [0.2, 0.25) is 0 Å². The number of nitrogen functional groups attached to an aromatic ring is 1. The Labute approximate surface area is 109 Å². The fourth-order valence-corrected chi connectivity index (χ4v) is 3.18. The van der Waals surface area contributed by atoms with Crippen molar-refractivity contribution in [3.8, 4) is 0 Å². The second kappa shape index (κ2) is 4.56. The molecule has 1 aromatic rings. The zero-order valence-corrected chi connectivity index (χ0v) is 11.0. The topological polar surface area (TPSA) is 47.3 Å². The lowest BCUT2D eigenvalue weighted by molar-refractivity contribution is -0.0709. The van der Waals surface area contributed by atoms with Gasteiger partial charge < -0.3 is 15.8 Å². The number of hydrogen-bond acceptors (Lipinski definition) is 3. The van der Waals surface area contributed by atoms with Crippen LogP contribution in [0.2, 0.25) is 0 Å². The molecule has 1 atom stereocenters. The van der Waals surface area contributed by atoms with E-state index in [-0.39, 0.29) is 5.60 Å². The van der Waals surface area contributed by atoms with Gasteiger partial charge in [0.15, 0.2) is 0 Å². The number of benzene rings is 1. The number of fused-ring (bicyclic) bond motifs is 1. The third kappa shape index (κ3) is 2.02. The smallest absolute Gasteiger partial charge is 0.0802 e. The molecule has 98 valence electrons. The molecule has 1 saturated carbocycles. The first-order valence-corrected chi connectivity index (χ1v) is 6.89. The zero-order valence-electron chi connectivity index (χ0n) is 11.0. The SMILES string of the molecule is COC1(CNC2CCc3cc(N)ccc32)CCC1. The predicted molar refractivity (Wildman–Crippen MR) is 73.5 cm³/mol. The number of nitrogens with two attached hydrogens (primary N) is 1. The molecule has 1 unspecified atom stereocenters. The maximum absolute atomic E-state index is 5.83. The third-order valence-corrected chi connectivity index (χ3v) is 4.61. The lowest BCUT2D eigenvalue weighted by Crippen LogP contribution is -2.48. The minimum atomic E-state index is 0.108. The number of anilines is 1.